The van der Waals surface area contributed by atoms with E-state index in [1.807, 2.05) is 0 Å². The third-order valence-electron chi connectivity index (χ3n) is 4.66. The van der Waals surface area contributed by atoms with E-state index in [-0.39, 0.29) is 17.4 Å². The molecule has 4 nitrogen and oxygen atoms in total. The first-order chi connectivity index (χ1) is 10.9. The average molecular weight is 314 g/mol. The van der Waals surface area contributed by atoms with E-state index in [1.165, 1.54) is 38.2 Å². The van der Waals surface area contributed by atoms with E-state index >= 15 is 0 Å². The van der Waals surface area contributed by atoms with Crippen molar-refractivity contribution in [1.82, 2.24) is 5.32 Å². The Kier molecular flexibility index (Phi) is 5.59. The molecule has 1 aliphatic carbocycles. The van der Waals surface area contributed by atoms with Crippen LogP contribution in [0.5, 0.6) is 0 Å². The molecule has 0 radical (unpaired) electrons. The Hall–Kier alpha value is -2.10. The SMILES string of the molecule is C=CC(=O)Nc1ccc(C(=O)NC(C)(C)C2CCCCC2)cc1. The van der Waals surface area contributed by atoms with Gasteiger partial charge in [-0.2, -0.15) is 0 Å². The number of carbonyl (C=O) groups is 2. The Bertz CT molecular complexity index is 570. The van der Waals surface area contributed by atoms with Gasteiger partial charge in [0.2, 0.25) is 5.91 Å². The summed E-state index contributed by atoms with van der Waals surface area (Å²) in [5, 5.41) is 5.84. The summed E-state index contributed by atoms with van der Waals surface area (Å²) in [6.07, 6.45) is 7.38. The van der Waals surface area contributed by atoms with Crippen molar-refractivity contribution < 1.29 is 9.59 Å². The smallest absolute Gasteiger partial charge is 0.251 e. The van der Waals surface area contributed by atoms with Crippen molar-refractivity contribution in [1.29, 1.82) is 0 Å². The van der Waals surface area contributed by atoms with Crippen molar-refractivity contribution in [3.8, 4) is 0 Å². The van der Waals surface area contributed by atoms with Crippen molar-refractivity contribution in [2.45, 2.75) is 51.5 Å². The van der Waals surface area contributed by atoms with E-state index in [0.717, 1.165) is 0 Å². The van der Waals surface area contributed by atoms with E-state index < -0.39 is 0 Å². The number of hydrogen-bond acceptors (Lipinski definition) is 2. The molecule has 0 unspecified atom stereocenters. The first-order valence-electron chi connectivity index (χ1n) is 8.28. The van der Waals surface area contributed by atoms with Gasteiger partial charge in [0.15, 0.2) is 0 Å². The van der Waals surface area contributed by atoms with Crippen molar-refractivity contribution >= 4 is 17.5 Å². The molecule has 0 heterocycles. The van der Waals surface area contributed by atoms with Crippen molar-refractivity contribution in [3.63, 3.8) is 0 Å². The minimum atomic E-state index is -0.263. The van der Waals surface area contributed by atoms with Crippen LogP contribution in [0.4, 0.5) is 5.69 Å². The number of carbonyl (C=O) groups excluding carboxylic acids is 2. The standard InChI is InChI=1S/C19H26N2O2/c1-4-17(22)20-16-12-10-14(11-13-16)18(23)21-19(2,3)15-8-6-5-7-9-15/h4,10-13,15H,1,5-9H2,2-3H3,(H,20,22)(H,21,23). The molecule has 1 aromatic carbocycles. The van der Waals surface area contributed by atoms with Gasteiger partial charge in [0.1, 0.15) is 0 Å². The van der Waals surface area contributed by atoms with Gasteiger partial charge in [0.05, 0.1) is 0 Å². The Balaban J connectivity index is 1.99. The molecule has 2 N–H and O–H groups in total. The molecule has 124 valence electrons. The zero-order chi connectivity index (χ0) is 16.9. The molecule has 0 spiro atoms. The van der Waals surface area contributed by atoms with Gasteiger partial charge >= 0.3 is 0 Å². The van der Waals surface area contributed by atoms with Crippen molar-refractivity contribution in [3.05, 3.63) is 42.5 Å². The molecular weight excluding hydrogens is 288 g/mol. The topological polar surface area (TPSA) is 58.2 Å². The zero-order valence-corrected chi connectivity index (χ0v) is 14.0. The van der Waals surface area contributed by atoms with Crippen LogP contribution in [-0.4, -0.2) is 17.4 Å². The molecule has 2 rings (SSSR count). The van der Waals surface area contributed by atoms with Crippen LogP contribution in [0.3, 0.4) is 0 Å². The molecule has 0 atom stereocenters. The first kappa shape index (κ1) is 17.3. The van der Waals surface area contributed by atoms with Gasteiger partial charge in [-0.1, -0.05) is 25.8 Å². The average Bonchev–Trinajstić information content (AvgIpc) is 2.55. The molecule has 2 amide bonds. The van der Waals surface area contributed by atoms with Gasteiger partial charge in [-0.25, -0.2) is 0 Å². The van der Waals surface area contributed by atoms with Crippen LogP contribution < -0.4 is 10.6 Å². The second-order valence-corrected chi connectivity index (χ2v) is 6.78. The fraction of sp³-hybridized carbons (Fsp3) is 0.474. The van der Waals surface area contributed by atoms with Crippen LogP contribution in [-0.2, 0) is 4.79 Å². The van der Waals surface area contributed by atoms with E-state index in [9.17, 15) is 9.59 Å². The summed E-state index contributed by atoms with van der Waals surface area (Å²) in [7, 11) is 0. The first-order valence-corrected chi connectivity index (χ1v) is 8.28. The number of amides is 2. The van der Waals surface area contributed by atoms with E-state index in [4.69, 9.17) is 0 Å². The zero-order valence-electron chi connectivity index (χ0n) is 14.0. The maximum absolute atomic E-state index is 12.5. The summed E-state index contributed by atoms with van der Waals surface area (Å²) in [5.41, 5.74) is 1.05. The Labute approximate surface area is 138 Å². The Morgan fingerprint density at radius 1 is 1.13 bits per heavy atom. The largest absolute Gasteiger partial charge is 0.347 e. The van der Waals surface area contributed by atoms with Crippen LogP contribution in [0, 0.1) is 5.92 Å². The van der Waals surface area contributed by atoms with Crippen LogP contribution in [0.15, 0.2) is 36.9 Å². The van der Waals surface area contributed by atoms with Crippen LogP contribution in [0.2, 0.25) is 0 Å². The van der Waals surface area contributed by atoms with E-state index in [1.54, 1.807) is 24.3 Å². The summed E-state index contributed by atoms with van der Waals surface area (Å²) in [6, 6.07) is 6.91. The molecule has 23 heavy (non-hydrogen) atoms. The van der Waals surface area contributed by atoms with Gasteiger partial charge in [0.25, 0.3) is 5.91 Å². The fourth-order valence-electron chi connectivity index (χ4n) is 3.19. The normalized spacial score (nSPS) is 15.7. The predicted octanol–water partition coefficient (Wildman–Crippen LogP) is 3.90. The lowest BCUT2D eigenvalue weighted by atomic mass is 9.76. The van der Waals surface area contributed by atoms with Crippen molar-refractivity contribution in [2.24, 2.45) is 5.92 Å². The summed E-state index contributed by atoms with van der Waals surface area (Å²) < 4.78 is 0. The maximum atomic E-state index is 12.5. The molecule has 0 saturated heterocycles. The molecule has 1 aromatic rings. The fourth-order valence-corrected chi connectivity index (χ4v) is 3.19. The highest BCUT2D eigenvalue weighted by Gasteiger charge is 2.32. The molecule has 1 aliphatic rings. The summed E-state index contributed by atoms with van der Waals surface area (Å²) >= 11 is 0. The third kappa shape index (κ3) is 4.68. The third-order valence-corrected chi connectivity index (χ3v) is 4.66. The molecule has 4 heteroatoms. The minimum Gasteiger partial charge on any atom is -0.347 e. The quantitative estimate of drug-likeness (QED) is 0.810. The van der Waals surface area contributed by atoms with Crippen LogP contribution in [0.25, 0.3) is 0 Å². The lowest BCUT2D eigenvalue weighted by molar-refractivity contribution is -0.111. The molecule has 0 aliphatic heterocycles. The van der Waals surface area contributed by atoms with Gasteiger partial charge in [-0.15, -0.1) is 0 Å². The molecule has 0 aromatic heterocycles. The summed E-state index contributed by atoms with van der Waals surface area (Å²) in [4.78, 5) is 23.7. The highest BCUT2D eigenvalue weighted by molar-refractivity contribution is 5.99. The number of benzene rings is 1. The van der Waals surface area contributed by atoms with Gasteiger partial charge in [-0.3, -0.25) is 9.59 Å². The maximum Gasteiger partial charge on any atom is 0.251 e. The number of nitrogens with one attached hydrogen (secondary N) is 2. The number of rotatable bonds is 5. The highest BCUT2D eigenvalue weighted by atomic mass is 16.2. The second kappa shape index (κ2) is 7.44. The molecule has 1 fully saturated rings. The Morgan fingerprint density at radius 2 is 1.74 bits per heavy atom. The van der Waals surface area contributed by atoms with Gasteiger partial charge in [0, 0.05) is 16.8 Å². The molecule has 0 bridgehead atoms. The Morgan fingerprint density at radius 3 is 2.30 bits per heavy atom. The van der Waals surface area contributed by atoms with E-state index in [0.29, 0.717) is 17.2 Å². The van der Waals surface area contributed by atoms with Gasteiger partial charge < -0.3 is 10.6 Å². The second-order valence-electron chi connectivity index (χ2n) is 6.78. The highest BCUT2D eigenvalue weighted by Crippen LogP contribution is 2.32. The van der Waals surface area contributed by atoms with Crippen molar-refractivity contribution in [2.75, 3.05) is 5.32 Å². The lowest BCUT2D eigenvalue weighted by Gasteiger charge is -2.37. The lowest BCUT2D eigenvalue weighted by Crippen LogP contribution is -2.49. The monoisotopic (exact) mass is 314 g/mol. The summed E-state index contributed by atoms with van der Waals surface area (Å²) in [5.74, 6) is 0.203. The van der Waals surface area contributed by atoms with E-state index in [2.05, 4.69) is 31.1 Å². The van der Waals surface area contributed by atoms with Crippen LogP contribution >= 0.6 is 0 Å². The number of anilines is 1. The summed E-state index contributed by atoms with van der Waals surface area (Å²) in [6.45, 7) is 7.63. The molecule has 1 saturated carbocycles. The minimum absolute atomic E-state index is 0.0674. The molecular formula is C19H26N2O2. The predicted molar refractivity (Wildman–Crippen MR) is 93.4 cm³/mol. The number of hydrogen-bond donors (Lipinski definition) is 2. The van der Waals surface area contributed by atoms with Gasteiger partial charge in [-0.05, 0) is 62.9 Å². The van der Waals surface area contributed by atoms with Crippen LogP contribution in [0.1, 0.15) is 56.3 Å².